The average molecular weight is 261 g/mol. The van der Waals surface area contributed by atoms with E-state index < -0.39 is 4.92 Å². The number of amides is 1. The average Bonchev–Trinajstić information content (AvgIpc) is 2.34. The number of carbonyl (C=O) groups is 1. The van der Waals surface area contributed by atoms with Crippen LogP contribution in [0.15, 0.2) is 35.4 Å². The summed E-state index contributed by atoms with van der Waals surface area (Å²) in [5.41, 5.74) is 2.58. The van der Waals surface area contributed by atoms with Gasteiger partial charge in [-0.1, -0.05) is 12.1 Å². The molecule has 0 atom stereocenters. The van der Waals surface area contributed by atoms with E-state index in [0.29, 0.717) is 12.1 Å². The minimum absolute atomic E-state index is 0.0324. The van der Waals surface area contributed by atoms with E-state index in [1.807, 2.05) is 0 Å². The minimum atomic E-state index is -0.446. The summed E-state index contributed by atoms with van der Waals surface area (Å²) in [4.78, 5) is 22.0. The third kappa shape index (κ3) is 3.17. The molecule has 2 rings (SSSR count). The molecule has 1 aliphatic rings. The van der Waals surface area contributed by atoms with Crippen LogP contribution in [0.5, 0.6) is 0 Å². The molecule has 0 aliphatic carbocycles. The van der Waals surface area contributed by atoms with Crippen molar-refractivity contribution in [3.8, 4) is 0 Å². The lowest BCUT2D eigenvalue weighted by Gasteiger charge is -2.21. The van der Waals surface area contributed by atoms with Crippen LogP contribution in [0.2, 0.25) is 0 Å². The van der Waals surface area contributed by atoms with Crippen molar-refractivity contribution in [3.05, 3.63) is 51.1 Å². The first-order valence-electron chi connectivity index (χ1n) is 5.99. The lowest BCUT2D eigenvalue weighted by molar-refractivity contribution is -0.384. The van der Waals surface area contributed by atoms with Crippen LogP contribution < -0.4 is 10.6 Å². The van der Waals surface area contributed by atoms with E-state index in [-0.39, 0.29) is 11.6 Å². The van der Waals surface area contributed by atoms with Gasteiger partial charge in [0.15, 0.2) is 0 Å². The van der Waals surface area contributed by atoms with E-state index in [9.17, 15) is 14.9 Å². The number of benzene rings is 1. The Balaban J connectivity index is 1.97. The smallest absolute Gasteiger partial charge is 0.269 e. The standard InChI is InChI=1S/C13H15N3O3/c1-9(11-7-14-8-11)13(17)15-6-10-3-2-4-12(5-10)16(18)19/h2-5,14H,6-8H2,1H3,(H,15,17). The summed E-state index contributed by atoms with van der Waals surface area (Å²) in [5.74, 6) is -0.122. The molecule has 1 aromatic rings. The molecular formula is C13H15N3O3. The fourth-order valence-electron chi connectivity index (χ4n) is 1.77. The Labute approximate surface area is 110 Å². The maximum atomic E-state index is 11.8. The Morgan fingerprint density at radius 1 is 1.47 bits per heavy atom. The number of nitro groups is 1. The number of hydrogen-bond acceptors (Lipinski definition) is 4. The predicted octanol–water partition coefficient (Wildman–Crippen LogP) is 1.13. The molecule has 0 unspecified atom stereocenters. The van der Waals surface area contributed by atoms with Crippen molar-refractivity contribution in [2.45, 2.75) is 13.5 Å². The van der Waals surface area contributed by atoms with Crippen molar-refractivity contribution in [3.63, 3.8) is 0 Å². The summed E-state index contributed by atoms with van der Waals surface area (Å²) in [5, 5.41) is 16.5. The highest BCUT2D eigenvalue weighted by molar-refractivity contribution is 5.93. The number of rotatable bonds is 4. The molecule has 0 saturated carbocycles. The number of non-ortho nitro benzene ring substituents is 1. The summed E-state index contributed by atoms with van der Waals surface area (Å²) in [7, 11) is 0. The van der Waals surface area contributed by atoms with E-state index in [2.05, 4.69) is 10.6 Å². The molecule has 0 aromatic heterocycles. The zero-order valence-electron chi connectivity index (χ0n) is 10.6. The van der Waals surface area contributed by atoms with Gasteiger partial charge in [0.05, 0.1) is 4.92 Å². The number of nitro benzene ring substituents is 1. The van der Waals surface area contributed by atoms with Gasteiger partial charge in [-0.3, -0.25) is 14.9 Å². The Kier molecular flexibility index (Phi) is 3.91. The van der Waals surface area contributed by atoms with Crippen LogP contribution in [0.25, 0.3) is 0 Å². The summed E-state index contributed by atoms with van der Waals surface area (Å²) in [6, 6.07) is 6.26. The van der Waals surface area contributed by atoms with Crippen molar-refractivity contribution < 1.29 is 9.72 Å². The molecule has 1 fully saturated rings. The van der Waals surface area contributed by atoms with E-state index in [1.165, 1.54) is 12.1 Å². The predicted molar refractivity (Wildman–Crippen MR) is 70.5 cm³/mol. The maximum Gasteiger partial charge on any atom is 0.269 e. The Morgan fingerprint density at radius 3 is 2.79 bits per heavy atom. The lowest BCUT2D eigenvalue weighted by Crippen LogP contribution is -2.37. The first-order chi connectivity index (χ1) is 9.08. The van der Waals surface area contributed by atoms with Gasteiger partial charge < -0.3 is 10.6 Å². The molecule has 1 amide bonds. The first-order valence-corrected chi connectivity index (χ1v) is 5.99. The van der Waals surface area contributed by atoms with E-state index in [1.54, 1.807) is 19.1 Å². The molecule has 1 saturated heterocycles. The van der Waals surface area contributed by atoms with Crippen molar-refractivity contribution >= 4 is 11.6 Å². The number of nitrogens with one attached hydrogen (secondary N) is 2. The second-order valence-corrected chi connectivity index (χ2v) is 4.44. The molecule has 0 spiro atoms. The van der Waals surface area contributed by atoms with Gasteiger partial charge in [-0.25, -0.2) is 0 Å². The third-order valence-electron chi connectivity index (χ3n) is 3.12. The van der Waals surface area contributed by atoms with Crippen molar-refractivity contribution in [1.29, 1.82) is 0 Å². The van der Waals surface area contributed by atoms with Gasteiger partial charge in [0.25, 0.3) is 5.69 Å². The quantitative estimate of drug-likeness (QED) is 0.483. The monoisotopic (exact) mass is 261 g/mol. The van der Waals surface area contributed by atoms with Gasteiger partial charge >= 0.3 is 0 Å². The normalized spacial score (nSPS) is 13.6. The van der Waals surface area contributed by atoms with Gasteiger partial charge in [0.2, 0.25) is 5.91 Å². The second kappa shape index (κ2) is 5.62. The molecule has 100 valence electrons. The van der Waals surface area contributed by atoms with E-state index >= 15 is 0 Å². The Hall–Kier alpha value is -2.21. The molecule has 1 aliphatic heterocycles. The SMILES string of the molecule is CC(C(=O)NCc1cccc([N+](=O)[O-])c1)=C1CNC1. The summed E-state index contributed by atoms with van der Waals surface area (Å²) in [6.07, 6.45) is 0. The van der Waals surface area contributed by atoms with Crippen molar-refractivity contribution in [1.82, 2.24) is 10.6 Å². The third-order valence-corrected chi connectivity index (χ3v) is 3.12. The molecule has 0 radical (unpaired) electrons. The number of hydrogen-bond donors (Lipinski definition) is 2. The van der Waals surface area contributed by atoms with Crippen molar-refractivity contribution in [2.24, 2.45) is 0 Å². The summed E-state index contributed by atoms with van der Waals surface area (Å²) >= 11 is 0. The summed E-state index contributed by atoms with van der Waals surface area (Å²) in [6.45, 7) is 3.60. The van der Waals surface area contributed by atoms with Crippen molar-refractivity contribution in [2.75, 3.05) is 13.1 Å². The highest BCUT2D eigenvalue weighted by Crippen LogP contribution is 2.13. The largest absolute Gasteiger partial charge is 0.348 e. The zero-order chi connectivity index (χ0) is 13.8. The van der Waals surface area contributed by atoms with Crippen LogP contribution in [0, 0.1) is 10.1 Å². The molecule has 2 N–H and O–H groups in total. The van der Waals surface area contributed by atoms with Gasteiger partial charge in [-0.05, 0) is 18.1 Å². The van der Waals surface area contributed by atoms with Crippen LogP contribution >= 0.6 is 0 Å². The van der Waals surface area contributed by atoms with Crippen LogP contribution in [-0.2, 0) is 11.3 Å². The second-order valence-electron chi connectivity index (χ2n) is 4.44. The van der Waals surface area contributed by atoms with Crippen LogP contribution in [0.1, 0.15) is 12.5 Å². The lowest BCUT2D eigenvalue weighted by atomic mass is 10.0. The molecule has 1 heterocycles. The van der Waals surface area contributed by atoms with Gasteiger partial charge in [-0.2, -0.15) is 0 Å². The number of carbonyl (C=O) groups excluding carboxylic acids is 1. The maximum absolute atomic E-state index is 11.8. The highest BCUT2D eigenvalue weighted by Gasteiger charge is 2.15. The molecule has 0 bridgehead atoms. The summed E-state index contributed by atoms with van der Waals surface area (Å²) < 4.78 is 0. The van der Waals surface area contributed by atoms with Gasteiger partial charge in [0, 0.05) is 37.3 Å². The van der Waals surface area contributed by atoms with Crippen LogP contribution in [-0.4, -0.2) is 23.9 Å². The van der Waals surface area contributed by atoms with Crippen LogP contribution in [0.3, 0.4) is 0 Å². The Morgan fingerprint density at radius 2 is 2.21 bits per heavy atom. The Bertz CT molecular complexity index is 546. The van der Waals surface area contributed by atoms with Gasteiger partial charge in [0.1, 0.15) is 0 Å². The topological polar surface area (TPSA) is 84.3 Å². The highest BCUT2D eigenvalue weighted by atomic mass is 16.6. The number of nitrogens with zero attached hydrogens (tertiary/aromatic N) is 1. The minimum Gasteiger partial charge on any atom is -0.348 e. The fourth-order valence-corrected chi connectivity index (χ4v) is 1.77. The van der Waals surface area contributed by atoms with Gasteiger partial charge in [-0.15, -0.1) is 0 Å². The fraction of sp³-hybridized carbons (Fsp3) is 0.308. The molecule has 1 aromatic carbocycles. The molecule has 19 heavy (non-hydrogen) atoms. The van der Waals surface area contributed by atoms with E-state index in [0.717, 1.165) is 24.2 Å². The molecule has 6 heteroatoms. The van der Waals surface area contributed by atoms with Crippen LogP contribution in [0.4, 0.5) is 5.69 Å². The zero-order valence-corrected chi connectivity index (χ0v) is 10.6. The first kappa shape index (κ1) is 13.2. The van der Waals surface area contributed by atoms with E-state index in [4.69, 9.17) is 0 Å². The molecular weight excluding hydrogens is 246 g/mol. The molecule has 6 nitrogen and oxygen atoms in total.